The van der Waals surface area contributed by atoms with Crippen LogP contribution < -0.4 is 5.32 Å². The Hall–Kier alpha value is -0.910. The van der Waals surface area contributed by atoms with E-state index in [-0.39, 0.29) is 5.91 Å². The van der Waals surface area contributed by atoms with Crippen molar-refractivity contribution in [2.45, 2.75) is 38.9 Å². The fourth-order valence-electron chi connectivity index (χ4n) is 3.57. The van der Waals surface area contributed by atoms with Crippen molar-refractivity contribution in [2.75, 3.05) is 45.8 Å². The van der Waals surface area contributed by atoms with Gasteiger partial charge in [-0.3, -0.25) is 14.6 Å². The molecule has 2 rings (SSSR count). The summed E-state index contributed by atoms with van der Waals surface area (Å²) in [6.45, 7) is 14.3. The highest BCUT2D eigenvalue weighted by atomic mass is 16.5. The van der Waals surface area contributed by atoms with Crippen LogP contribution in [0.25, 0.3) is 0 Å². The molecule has 0 aromatic carbocycles. The first-order chi connectivity index (χ1) is 10.6. The maximum atomic E-state index is 11.7. The molecule has 0 aromatic heterocycles. The van der Waals surface area contributed by atoms with Crippen molar-refractivity contribution in [1.82, 2.24) is 15.1 Å². The van der Waals surface area contributed by atoms with Crippen LogP contribution in [0.5, 0.6) is 0 Å². The molecule has 0 saturated carbocycles. The molecule has 2 aliphatic rings. The second-order valence-electron chi connectivity index (χ2n) is 6.79. The molecule has 0 aromatic rings. The number of carbonyl (C=O) groups is 1. The standard InChI is InChI=1S/C17H31N3O2/c1-4-7-18-17(21)13-19-8-5-16(6-9-19)12-20-10-14(2)22-15(3)11-20/h4,14-16H,1,5-13H2,2-3H3,(H,18,21)/t14-,15-/m0/s1. The number of rotatable bonds is 6. The largest absolute Gasteiger partial charge is 0.373 e. The molecule has 2 fully saturated rings. The van der Waals surface area contributed by atoms with Gasteiger partial charge in [0, 0.05) is 26.2 Å². The van der Waals surface area contributed by atoms with Crippen LogP contribution in [0.3, 0.4) is 0 Å². The maximum absolute atomic E-state index is 11.7. The minimum Gasteiger partial charge on any atom is -0.373 e. The third kappa shape index (κ3) is 5.71. The zero-order chi connectivity index (χ0) is 15.9. The van der Waals surface area contributed by atoms with Crippen LogP contribution in [0, 0.1) is 5.92 Å². The van der Waals surface area contributed by atoms with E-state index in [1.54, 1.807) is 6.08 Å². The molecule has 2 heterocycles. The summed E-state index contributed by atoms with van der Waals surface area (Å²) in [5.74, 6) is 0.860. The smallest absolute Gasteiger partial charge is 0.234 e. The lowest BCUT2D eigenvalue weighted by atomic mass is 9.95. The topological polar surface area (TPSA) is 44.8 Å². The molecule has 0 radical (unpaired) electrons. The Balaban J connectivity index is 1.66. The van der Waals surface area contributed by atoms with Gasteiger partial charge in [-0.2, -0.15) is 0 Å². The predicted molar refractivity (Wildman–Crippen MR) is 88.8 cm³/mol. The molecule has 5 heteroatoms. The molecule has 2 aliphatic heterocycles. The zero-order valence-electron chi connectivity index (χ0n) is 14.1. The molecule has 2 saturated heterocycles. The molecule has 2 atom stereocenters. The normalized spacial score (nSPS) is 28.5. The lowest BCUT2D eigenvalue weighted by Crippen LogP contribution is -2.49. The van der Waals surface area contributed by atoms with E-state index in [1.165, 1.54) is 19.4 Å². The first-order valence-electron chi connectivity index (χ1n) is 8.54. The summed E-state index contributed by atoms with van der Waals surface area (Å²) >= 11 is 0. The molecule has 5 nitrogen and oxygen atoms in total. The van der Waals surface area contributed by atoms with Crippen LogP contribution in [-0.4, -0.2) is 73.7 Å². The van der Waals surface area contributed by atoms with Crippen LogP contribution in [0.15, 0.2) is 12.7 Å². The third-order valence-electron chi connectivity index (χ3n) is 4.53. The van der Waals surface area contributed by atoms with Crippen LogP contribution in [-0.2, 0) is 9.53 Å². The molecule has 0 aliphatic carbocycles. The summed E-state index contributed by atoms with van der Waals surface area (Å²) in [5.41, 5.74) is 0. The van der Waals surface area contributed by atoms with Crippen molar-refractivity contribution in [3.8, 4) is 0 Å². The van der Waals surface area contributed by atoms with Crippen molar-refractivity contribution in [1.29, 1.82) is 0 Å². The van der Waals surface area contributed by atoms with Gasteiger partial charge in [-0.1, -0.05) is 6.08 Å². The Morgan fingerprint density at radius 2 is 1.86 bits per heavy atom. The Kier molecular flexibility index (Phi) is 6.86. The summed E-state index contributed by atoms with van der Waals surface area (Å²) in [7, 11) is 0. The van der Waals surface area contributed by atoms with Crippen LogP contribution in [0.1, 0.15) is 26.7 Å². The van der Waals surface area contributed by atoms with E-state index in [2.05, 4.69) is 35.5 Å². The minimum atomic E-state index is 0.106. The molecule has 22 heavy (non-hydrogen) atoms. The molecule has 1 amide bonds. The van der Waals surface area contributed by atoms with Gasteiger partial charge in [0.15, 0.2) is 0 Å². The summed E-state index contributed by atoms with van der Waals surface area (Å²) in [4.78, 5) is 16.5. The van der Waals surface area contributed by atoms with Crippen molar-refractivity contribution >= 4 is 5.91 Å². The van der Waals surface area contributed by atoms with Gasteiger partial charge in [0.25, 0.3) is 0 Å². The van der Waals surface area contributed by atoms with Crippen LogP contribution in [0.4, 0.5) is 0 Å². The van der Waals surface area contributed by atoms with E-state index in [9.17, 15) is 4.79 Å². The number of carbonyl (C=O) groups excluding carboxylic acids is 1. The Bertz CT molecular complexity index is 357. The minimum absolute atomic E-state index is 0.106. The Labute approximate surface area is 134 Å². The number of hydrogen-bond donors (Lipinski definition) is 1. The van der Waals surface area contributed by atoms with Crippen molar-refractivity contribution < 1.29 is 9.53 Å². The highest BCUT2D eigenvalue weighted by Gasteiger charge is 2.26. The van der Waals surface area contributed by atoms with E-state index in [0.29, 0.717) is 25.3 Å². The summed E-state index contributed by atoms with van der Waals surface area (Å²) in [6.07, 6.45) is 4.79. The summed E-state index contributed by atoms with van der Waals surface area (Å²) in [6, 6.07) is 0. The third-order valence-corrected chi connectivity index (χ3v) is 4.53. The number of morpholine rings is 1. The van der Waals surface area contributed by atoms with Gasteiger partial charge in [0.2, 0.25) is 5.91 Å². The second-order valence-corrected chi connectivity index (χ2v) is 6.79. The van der Waals surface area contributed by atoms with E-state index < -0.39 is 0 Å². The first-order valence-corrected chi connectivity index (χ1v) is 8.54. The molecule has 126 valence electrons. The number of piperidine rings is 1. The number of likely N-dealkylation sites (tertiary alicyclic amines) is 1. The fourth-order valence-corrected chi connectivity index (χ4v) is 3.57. The van der Waals surface area contributed by atoms with Gasteiger partial charge in [-0.25, -0.2) is 0 Å². The van der Waals surface area contributed by atoms with Crippen molar-refractivity contribution in [2.24, 2.45) is 5.92 Å². The average Bonchev–Trinajstić information content (AvgIpc) is 2.46. The molecule has 1 N–H and O–H groups in total. The lowest BCUT2D eigenvalue weighted by Gasteiger charge is -2.39. The highest BCUT2D eigenvalue weighted by Crippen LogP contribution is 2.20. The number of ether oxygens (including phenoxy) is 1. The Morgan fingerprint density at radius 3 is 2.45 bits per heavy atom. The number of nitrogens with one attached hydrogen (secondary N) is 1. The molecule has 0 spiro atoms. The number of nitrogens with zero attached hydrogens (tertiary/aromatic N) is 2. The van der Waals surface area contributed by atoms with Gasteiger partial charge < -0.3 is 10.1 Å². The van der Waals surface area contributed by atoms with Crippen LogP contribution in [0.2, 0.25) is 0 Å². The number of hydrogen-bond acceptors (Lipinski definition) is 4. The van der Waals surface area contributed by atoms with Crippen molar-refractivity contribution in [3.05, 3.63) is 12.7 Å². The highest BCUT2D eigenvalue weighted by molar-refractivity contribution is 5.78. The summed E-state index contributed by atoms with van der Waals surface area (Å²) in [5, 5.41) is 2.85. The molecule has 0 bridgehead atoms. The van der Waals surface area contributed by atoms with Gasteiger partial charge >= 0.3 is 0 Å². The van der Waals surface area contributed by atoms with E-state index >= 15 is 0 Å². The number of amides is 1. The first kappa shape index (κ1) is 17.4. The lowest BCUT2D eigenvalue weighted by molar-refractivity contribution is -0.122. The SMILES string of the molecule is C=CCNC(=O)CN1CCC(CN2C[C@H](C)O[C@@H](C)C2)CC1. The Morgan fingerprint density at radius 1 is 1.23 bits per heavy atom. The fraction of sp³-hybridized carbons (Fsp3) is 0.824. The van der Waals surface area contributed by atoms with E-state index in [0.717, 1.165) is 32.1 Å². The predicted octanol–water partition coefficient (Wildman–Crippen LogP) is 1.11. The summed E-state index contributed by atoms with van der Waals surface area (Å²) < 4.78 is 5.80. The second kappa shape index (κ2) is 8.65. The van der Waals surface area contributed by atoms with Gasteiger partial charge in [0.05, 0.1) is 18.8 Å². The van der Waals surface area contributed by atoms with E-state index in [4.69, 9.17) is 4.74 Å². The quantitative estimate of drug-likeness (QED) is 0.747. The van der Waals surface area contributed by atoms with Crippen molar-refractivity contribution in [3.63, 3.8) is 0 Å². The molecular weight excluding hydrogens is 278 g/mol. The monoisotopic (exact) mass is 309 g/mol. The van der Waals surface area contributed by atoms with Crippen LogP contribution >= 0.6 is 0 Å². The van der Waals surface area contributed by atoms with Gasteiger partial charge in [0.1, 0.15) is 0 Å². The van der Waals surface area contributed by atoms with E-state index in [1.807, 2.05) is 0 Å². The van der Waals surface area contributed by atoms with Gasteiger partial charge in [-0.05, 0) is 45.7 Å². The average molecular weight is 309 g/mol. The zero-order valence-corrected chi connectivity index (χ0v) is 14.1. The molecule has 0 unspecified atom stereocenters. The van der Waals surface area contributed by atoms with Gasteiger partial charge in [-0.15, -0.1) is 6.58 Å². The maximum Gasteiger partial charge on any atom is 0.234 e. The molecular formula is C17H31N3O2.